The summed E-state index contributed by atoms with van der Waals surface area (Å²) in [6.45, 7) is 0. The van der Waals surface area contributed by atoms with Crippen molar-refractivity contribution >= 4 is 38.4 Å². The van der Waals surface area contributed by atoms with Gasteiger partial charge in [0.25, 0.3) is 5.91 Å². The molecule has 146 valence electrons. The van der Waals surface area contributed by atoms with Crippen molar-refractivity contribution in [1.29, 1.82) is 0 Å². The number of carbonyl (C=O) groups is 1. The minimum Gasteiger partial charge on any atom is -0.349 e. The van der Waals surface area contributed by atoms with Crippen LogP contribution < -0.4 is 10.6 Å². The monoisotopic (exact) mass is 407 g/mol. The van der Waals surface area contributed by atoms with Gasteiger partial charge in [0.1, 0.15) is 0 Å². The maximum Gasteiger partial charge on any atom is 0.251 e. The van der Waals surface area contributed by atoms with Crippen molar-refractivity contribution in [3.05, 3.63) is 29.8 Å². The second-order valence-electron chi connectivity index (χ2n) is 7.60. The molecule has 0 aromatic heterocycles. The quantitative estimate of drug-likeness (QED) is 0.753. The third kappa shape index (κ3) is 4.66. The summed E-state index contributed by atoms with van der Waals surface area (Å²) in [6.07, 6.45) is 7.05. The van der Waals surface area contributed by atoms with Crippen LogP contribution in [0.4, 0.5) is 5.69 Å². The summed E-state index contributed by atoms with van der Waals surface area (Å²) in [5.74, 6) is 0.341. The Kier molecular flexibility index (Phi) is 5.45. The first-order valence-electron chi connectivity index (χ1n) is 9.61. The van der Waals surface area contributed by atoms with Gasteiger partial charge in [0, 0.05) is 22.5 Å². The SMILES string of the molecule is O=C(NC1CCCCCC1)c1ccc(NC2=NC3CS(=O)(=O)CC3S2)cc1. The number of benzene rings is 1. The van der Waals surface area contributed by atoms with E-state index in [4.69, 9.17) is 0 Å². The van der Waals surface area contributed by atoms with Crippen LogP contribution in [0.1, 0.15) is 48.9 Å². The maximum absolute atomic E-state index is 12.5. The van der Waals surface area contributed by atoms with Crippen LogP contribution in [0.15, 0.2) is 29.3 Å². The van der Waals surface area contributed by atoms with Crippen LogP contribution in [0.5, 0.6) is 0 Å². The van der Waals surface area contributed by atoms with E-state index in [2.05, 4.69) is 15.6 Å². The van der Waals surface area contributed by atoms with Gasteiger partial charge in [-0.1, -0.05) is 37.4 Å². The standard InChI is InChI=1S/C19H25N3O3S2/c23-18(20-14-5-3-1-2-4-6-14)13-7-9-15(10-8-13)21-19-22-16-11-27(24,25)12-17(16)26-19/h7-10,14,16-17H,1-6,11-12H2,(H,20,23)(H,21,22). The molecule has 2 unspecified atom stereocenters. The van der Waals surface area contributed by atoms with Crippen LogP contribution >= 0.6 is 11.8 Å². The van der Waals surface area contributed by atoms with Gasteiger partial charge < -0.3 is 10.6 Å². The zero-order valence-electron chi connectivity index (χ0n) is 15.2. The summed E-state index contributed by atoms with van der Waals surface area (Å²) in [6, 6.07) is 7.54. The molecule has 1 saturated heterocycles. The molecule has 6 nitrogen and oxygen atoms in total. The third-order valence-corrected chi connectivity index (χ3v) is 8.55. The molecule has 2 heterocycles. The number of rotatable bonds is 3. The summed E-state index contributed by atoms with van der Waals surface area (Å²) < 4.78 is 23.3. The van der Waals surface area contributed by atoms with E-state index in [1.165, 1.54) is 37.4 Å². The molecule has 2 N–H and O–H groups in total. The number of hydrogen-bond acceptors (Lipinski definition) is 6. The van der Waals surface area contributed by atoms with E-state index in [0.29, 0.717) is 5.56 Å². The van der Waals surface area contributed by atoms with E-state index in [-0.39, 0.29) is 34.7 Å². The van der Waals surface area contributed by atoms with Crippen LogP contribution in [0.2, 0.25) is 0 Å². The van der Waals surface area contributed by atoms with Gasteiger partial charge in [0.05, 0.1) is 17.5 Å². The van der Waals surface area contributed by atoms with Gasteiger partial charge in [-0.15, -0.1) is 0 Å². The molecule has 8 heteroatoms. The number of hydrogen-bond donors (Lipinski definition) is 2. The Labute approximate surface area is 164 Å². The second-order valence-corrected chi connectivity index (χ2v) is 11.0. The van der Waals surface area contributed by atoms with Gasteiger partial charge in [-0.3, -0.25) is 9.79 Å². The summed E-state index contributed by atoms with van der Waals surface area (Å²) in [5, 5.41) is 7.19. The summed E-state index contributed by atoms with van der Waals surface area (Å²) in [5.41, 5.74) is 1.52. The lowest BCUT2D eigenvalue weighted by atomic mass is 10.1. The molecule has 2 atom stereocenters. The number of anilines is 1. The highest BCUT2D eigenvalue weighted by molar-refractivity contribution is 8.15. The zero-order valence-corrected chi connectivity index (χ0v) is 16.8. The number of fused-ring (bicyclic) bond motifs is 1. The number of nitrogens with zero attached hydrogens (tertiary/aromatic N) is 1. The van der Waals surface area contributed by atoms with E-state index >= 15 is 0 Å². The number of thioether (sulfide) groups is 1. The number of aliphatic imine (C=N–C) groups is 1. The molecule has 3 aliphatic rings. The topological polar surface area (TPSA) is 87.6 Å². The fourth-order valence-electron chi connectivity index (χ4n) is 3.94. The van der Waals surface area contributed by atoms with E-state index in [1.54, 1.807) is 0 Å². The normalized spacial score (nSPS) is 27.5. The van der Waals surface area contributed by atoms with Crippen molar-refractivity contribution in [1.82, 2.24) is 5.32 Å². The molecule has 1 aromatic rings. The second kappa shape index (κ2) is 7.83. The van der Waals surface area contributed by atoms with Gasteiger partial charge in [0.15, 0.2) is 15.0 Å². The summed E-state index contributed by atoms with van der Waals surface area (Å²) in [4.78, 5) is 17.0. The maximum atomic E-state index is 12.5. The zero-order chi connectivity index (χ0) is 18.9. The molecule has 1 aromatic carbocycles. The first-order chi connectivity index (χ1) is 13.0. The summed E-state index contributed by atoms with van der Waals surface area (Å²) >= 11 is 1.49. The molecule has 4 rings (SSSR count). The molecule has 2 fully saturated rings. The highest BCUT2D eigenvalue weighted by atomic mass is 32.2. The molecule has 2 aliphatic heterocycles. The lowest BCUT2D eigenvalue weighted by Crippen LogP contribution is -2.34. The highest BCUT2D eigenvalue weighted by Crippen LogP contribution is 2.34. The molecule has 0 spiro atoms. The van der Waals surface area contributed by atoms with Gasteiger partial charge in [-0.25, -0.2) is 8.42 Å². The van der Waals surface area contributed by atoms with E-state index in [0.717, 1.165) is 23.7 Å². The van der Waals surface area contributed by atoms with Crippen LogP contribution in [0.3, 0.4) is 0 Å². The molecule has 0 radical (unpaired) electrons. The van der Waals surface area contributed by atoms with Gasteiger partial charge in [-0.2, -0.15) is 0 Å². The first-order valence-corrected chi connectivity index (χ1v) is 12.3. The number of nitrogens with one attached hydrogen (secondary N) is 2. The average molecular weight is 408 g/mol. The Morgan fingerprint density at radius 2 is 1.74 bits per heavy atom. The van der Waals surface area contributed by atoms with E-state index in [1.807, 2.05) is 24.3 Å². The van der Waals surface area contributed by atoms with Crippen LogP contribution in [-0.4, -0.2) is 48.3 Å². The Balaban J connectivity index is 1.33. The predicted octanol–water partition coefficient (Wildman–Crippen LogP) is 2.82. The van der Waals surface area contributed by atoms with E-state index < -0.39 is 9.84 Å². The first kappa shape index (κ1) is 18.8. The molecule has 0 bridgehead atoms. The molecule has 27 heavy (non-hydrogen) atoms. The Hall–Kier alpha value is -1.54. The van der Waals surface area contributed by atoms with Gasteiger partial charge >= 0.3 is 0 Å². The Morgan fingerprint density at radius 1 is 1.04 bits per heavy atom. The smallest absolute Gasteiger partial charge is 0.251 e. The van der Waals surface area contributed by atoms with Crippen molar-refractivity contribution in [2.24, 2.45) is 4.99 Å². The van der Waals surface area contributed by atoms with Crippen LogP contribution in [0.25, 0.3) is 0 Å². The van der Waals surface area contributed by atoms with Crippen molar-refractivity contribution in [3.63, 3.8) is 0 Å². The number of amidine groups is 1. The van der Waals surface area contributed by atoms with Crippen molar-refractivity contribution in [2.75, 3.05) is 16.8 Å². The lowest BCUT2D eigenvalue weighted by Gasteiger charge is -2.16. The predicted molar refractivity (Wildman–Crippen MR) is 110 cm³/mol. The Morgan fingerprint density at radius 3 is 2.41 bits per heavy atom. The minimum atomic E-state index is -2.93. The largest absolute Gasteiger partial charge is 0.349 e. The molecule has 1 amide bonds. The molecular formula is C19H25N3O3S2. The van der Waals surface area contributed by atoms with Crippen molar-refractivity contribution in [2.45, 2.75) is 55.9 Å². The number of carbonyl (C=O) groups excluding carboxylic acids is 1. The number of sulfone groups is 1. The van der Waals surface area contributed by atoms with Crippen molar-refractivity contribution in [3.8, 4) is 0 Å². The van der Waals surface area contributed by atoms with Crippen LogP contribution in [-0.2, 0) is 9.84 Å². The van der Waals surface area contributed by atoms with E-state index in [9.17, 15) is 13.2 Å². The fraction of sp³-hybridized carbons (Fsp3) is 0.579. The number of amides is 1. The molecule has 1 aliphatic carbocycles. The van der Waals surface area contributed by atoms with Crippen LogP contribution in [0, 0.1) is 0 Å². The van der Waals surface area contributed by atoms with Gasteiger partial charge in [0.2, 0.25) is 0 Å². The van der Waals surface area contributed by atoms with Gasteiger partial charge in [-0.05, 0) is 37.1 Å². The molecular weight excluding hydrogens is 382 g/mol. The highest BCUT2D eigenvalue weighted by Gasteiger charge is 2.42. The lowest BCUT2D eigenvalue weighted by molar-refractivity contribution is 0.0933. The summed E-state index contributed by atoms with van der Waals surface area (Å²) in [7, 11) is -2.93. The molecule has 1 saturated carbocycles. The average Bonchev–Trinajstić information content (AvgIpc) is 2.97. The third-order valence-electron chi connectivity index (χ3n) is 5.41. The fourth-order valence-corrected chi connectivity index (χ4v) is 7.61. The Bertz CT molecular complexity index is 828. The van der Waals surface area contributed by atoms with Crippen molar-refractivity contribution < 1.29 is 13.2 Å². The minimum absolute atomic E-state index is 0.0132.